The predicted molar refractivity (Wildman–Crippen MR) is 71.4 cm³/mol. The molecule has 2 unspecified atom stereocenters. The van der Waals surface area contributed by atoms with E-state index in [1.54, 1.807) is 7.11 Å². The molecule has 2 atom stereocenters. The van der Waals surface area contributed by atoms with Crippen molar-refractivity contribution in [3.63, 3.8) is 0 Å². The topological polar surface area (TPSA) is 21.3 Å². The highest BCUT2D eigenvalue weighted by molar-refractivity contribution is 5.26. The molecule has 1 N–H and O–H groups in total. The molecule has 2 nitrogen and oxygen atoms in total. The van der Waals surface area contributed by atoms with Crippen molar-refractivity contribution in [2.24, 2.45) is 0 Å². The highest BCUT2D eigenvalue weighted by atomic mass is 16.5. The van der Waals surface area contributed by atoms with Crippen molar-refractivity contribution in [3.8, 4) is 0 Å². The van der Waals surface area contributed by atoms with Crippen LogP contribution >= 0.6 is 0 Å². The summed E-state index contributed by atoms with van der Waals surface area (Å²) >= 11 is 0. The van der Waals surface area contributed by atoms with Gasteiger partial charge in [0.2, 0.25) is 0 Å². The van der Waals surface area contributed by atoms with Crippen LogP contribution in [0.4, 0.5) is 0 Å². The first-order valence-electron chi connectivity index (χ1n) is 6.43. The molecule has 0 amide bonds. The van der Waals surface area contributed by atoms with Gasteiger partial charge in [0, 0.05) is 12.6 Å². The quantitative estimate of drug-likeness (QED) is 0.867. The molecule has 1 aromatic carbocycles. The van der Waals surface area contributed by atoms with Crippen LogP contribution in [0.2, 0.25) is 0 Å². The van der Waals surface area contributed by atoms with Crippen molar-refractivity contribution >= 4 is 0 Å². The maximum absolute atomic E-state index is 5.33. The minimum absolute atomic E-state index is 0.126. The SMILES string of the molecule is COCC1(C)CC(c2cccc(C)c2)CCN1. The number of piperidine rings is 1. The zero-order valence-electron chi connectivity index (χ0n) is 11.1. The summed E-state index contributed by atoms with van der Waals surface area (Å²) in [6.07, 6.45) is 2.38. The van der Waals surface area contributed by atoms with E-state index in [9.17, 15) is 0 Å². The van der Waals surface area contributed by atoms with E-state index in [-0.39, 0.29) is 5.54 Å². The summed E-state index contributed by atoms with van der Waals surface area (Å²) in [5, 5.41) is 3.59. The van der Waals surface area contributed by atoms with Gasteiger partial charge in [0.25, 0.3) is 0 Å². The monoisotopic (exact) mass is 233 g/mol. The number of nitrogens with one attached hydrogen (secondary N) is 1. The van der Waals surface area contributed by atoms with Gasteiger partial charge < -0.3 is 10.1 Å². The van der Waals surface area contributed by atoms with Crippen molar-refractivity contribution in [3.05, 3.63) is 35.4 Å². The second-order valence-corrected chi connectivity index (χ2v) is 5.52. The van der Waals surface area contributed by atoms with Crippen LogP contribution in [0.5, 0.6) is 0 Å². The van der Waals surface area contributed by atoms with Crippen LogP contribution in [0.1, 0.15) is 36.8 Å². The van der Waals surface area contributed by atoms with Crippen LogP contribution in [0.3, 0.4) is 0 Å². The van der Waals surface area contributed by atoms with Gasteiger partial charge >= 0.3 is 0 Å². The molecule has 0 radical (unpaired) electrons. The van der Waals surface area contributed by atoms with Gasteiger partial charge in [-0.15, -0.1) is 0 Å². The van der Waals surface area contributed by atoms with Crippen LogP contribution in [0.25, 0.3) is 0 Å². The molecule has 0 spiro atoms. The molecular formula is C15H23NO. The van der Waals surface area contributed by atoms with Crippen LogP contribution in [0.15, 0.2) is 24.3 Å². The molecule has 0 saturated carbocycles. The summed E-state index contributed by atoms with van der Waals surface area (Å²) in [6.45, 7) is 6.30. The lowest BCUT2D eigenvalue weighted by molar-refractivity contribution is 0.0946. The third-order valence-corrected chi connectivity index (χ3v) is 3.72. The number of hydrogen-bond donors (Lipinski definition) is 1. The molecule has 1 heterocycles. The lowest BCUT2D eigenvalue weighted by Gasteiger charge is -2.39. The number of hydrogen-bond acceptors (Lipinski definition) is 2. The van der Waals surface area contributed by atoms with Crippen LogP contribution in [-0.2, 0) is 4.74 Å². The lowest BCUT2D eigenvalue weighted by Crippen LogP contribution is -2.51. The molecule has 1 aliphatic heterocycles. The largest absolute Gasteiger partial charge is 0.383 e. The van der Waals surface area contributed by atoms with Crippen LogP contribution in [-0.4, -0.2) is 25.8 Å². The fourth-order valence-electron chi connectivity index (χ4n) is 2.90. The van der Waals surface area contributed by atoms with E-state index >= 15 is 0 Å². The van der Waals surface area contributed by atoms with Crippen molar-refractivity contribution in [1.29, 1.82) is 0 Å². The van der Waals surface area contributed by atoms with Gasteiger partial charge in [0.15, 0.2) is 0 Å². The van der Waals surface area contributed by atoms with Gasteiger partial charge in [-0.05, 0) is 44.7 Å². The second kappa shape index (κ2) is 5.19. The molecule has 1 aromatic rings. The Morgan fingerprint density at radius 1 is 1.47 bits per heavy atom. The smallest absolute Gasteiger partial charge is 0.0641 e. The van der Waals surface area contributed by atoms with E-state index < -0.39 is 0 Å². The highest BCUT2D eigenvalue weighted by Gasteiger charge is 2.32. The zero-order chi connectivity index (χ0) is 12.3. The summed E-state index contributed by atoms with van der Waals surface area (Å²) in [7, 11) is 1.78. The number of methoxy groups -OCH3 is 1. The lowest BCUT2D eigenvalue weighted by atomic mass is 9.79. The summed E-state index contributed by atoms with van der Waals surface area (Å²) in [4.78, 5) is 0. The highest BCUT2D eigenvalue weighted by Crippen LogP contribution is 2.33. The van der Waals surface area contributed by atoms with E-state index in [4.69, 9.17) is 4.74 Å². The molecule has 1 saturated heterocycles. The number of rotatable bonds is 3. The van der Waals surface area contributed by atoms with Crippen molar-refractivity contribution in [1.82, 2.24) is 5.32 Å². The summed E-state index contributed by atoms with van der Waals surface area (Å²) in [5.74, 6) is 0.663. The normalized spacial score (nSPS) is 29.2. The van der Waals surface area contributed by atoms with E-state index in [2.05, 4.69) is 43.4 Å². The number of ether oxygens (including phenoxy) is 1. The van der Waals surface area contributed by atoms with Gasteiger partial charge in [-0.3, -0.25) is 0 Å². The Bertz CT molecular complexity index is 373. The van der Waals surface area contributed by atoms with Crippen molar-refractivity contribution in [2.75, 3.05) is 20.3 Å². The third kappa shape index (κ3) is 3.08. The maximum Gasteiger partial charge on any atom is 0.0641 e. The third-order valence-electron chi connectivity index (χ3n) is 3.72. The predicted octanol–water partition coefficient (Wildman–Crippen LogP) is 2.87. The standard InChI is InChI=1S/C15H23NO/c1-12-5-4-6-13(9-12)14-7-8-16-15(2,10-14)11-17-3/h4-6,9,14,16H,7-8,10-11H2,1-3H3. The van der Waals surface area contributed by atoms with E-state index in [1.807, 2.05) is 0 Å². The van der Waals surface area contributed by atoms with Gasteiger partial charge in [0.05, 0.1) is 6.61 Å². The molecule has 94 valence electrons. The van der Waals surface area contributed by atoms with Crippen molar-refractivity contribution < 1.29 is 4.74 Å². The summed E-state index contributed by atoms with van der Waals surface area (Å²) in [6, 6.07) is 8.92. The number of benzene rings is 1. The Labute approximate surface area is 104 Å². The van der Waals surface area contributed by atoms with Crippen LogP contribution in [0, 0.1) is 6.92 Å². The van der Waals surface area contributed by atoms with Gasteiger partial charge in [-0.1, -0.05) is 29.8 Å². The summed E-state index contributed by atoms with van der Waals surface area (Å²) in [5.41, 5.74) is 2.96. The molecule has 2 heteroatoms. The first kappa shape index (κ1) is 12.6. The van der Waals surface area contributed by atoms with Gasteiger partial charge in [-0.25, -0.2) is 0 Å². The van der Waals surface area contributed by atoms with E-state index in [0.29, 0.717) is 5.92 Å². The first-order chi connectivity index (χ1) is 8.13. The minimum atomic E-state index is 0.126. The fourth-order valence-corrected chi connectivity index (χ4v) is 2.90. The second-order valence-electron chi connectivity index (χ2n) is 5.52. The Balaban J connectivity index is 2.12. The molecule has 0 aromatic heterocycles. The van der Waals surface area contributed by atoms with Gasteiger partial charge in [0.1, 0.15) is 0 Å². The molecule has 2 rings (SSSR count). The average molecular weight is 233 g/mol. The van der Waals surface area contributed by atoms with E-state index in [1.165, 1.54) is 17.5 Å². The number of aryl methyl sites for hydroxylation is 1. The average Bonchev–Trinajstić information content (AvgIpc) is 2.29. The van der Waals surface area contributed by atoms with E-state index in [0.717, 1.165) is 19.6 Å². The minimum Gasteiger partial charge on any atom is -0.383 e. The Kier molecular flexibility index (Phi) is 3.85. The maximum atomic E-state index is 5.33. The Hall–Kier alpha value is -0.860. The van der Waals surface area contributed by atoms with Crippen LogP contribution < -0.4 is 5.32 Å². The fraction of sp³-hybridized carbons (Fsp3) is 0.600. The Morgan fingerprint density at radius 2 is 2.29 bits per heavy atom. The first-order valence-corrected chi connectivity index (χ1v) is 6.43. The molecule has 1 fully saturated rings. The molecule has 0 aliphatic carbocycles. The zero-order valence-corrected chi connectivity index (χ0v) is 11.1. The van der Waals surface area contributed by atoms with Gasteiger partial charge in [-0.2, -0.15) is 0 Å². The van der Waals surface area contributed by atoms with Crippen molar-refractivity contribution in [2.45, 2.75) is 38.1 Å². The Morgan fingerprint density at radius 3 is 3.00 bits per heavy atom. The molecule has 1 aliphatic rings. The molecular weight excluding hydrogens is 210 g/mol. The molecule has 0 bridgehead atoms. The molecule has 17 heavy (non-hydrogen) atoms. The summed E-state index contributed by atoms with van der Waals surface area (Å²) < 4.78 is 5.33.